The molecule has 0 radical (unpaired) electrons. The van der Waals surface area contributed by atoms with Gasteiger partial charge < -0.3 is 9.47 Å². The molecule has 0 spiro atoms. The van der Waals surface area contributed by atoms with Crippen LogP contribution in [0.2, 0.25) is 0 Å². The quantitative estimate of drug-likeness (QED) is 0.788. The summed E-state index contributed by atoms with van der Waals surface area (Å²) >= 11 is 11.6. The second-order valence-electron chi connectivity index (χ2n) is 8.22. The molecule has 134 valence electrons. The average molecular weight is 381 g/mol. The summed E-state index contributed by atoms with van der Waals surface area (Å²) in [4.78, 5) is 27.2. The Kier molecular flexibility index (Phi) is 4.04. The Morgan fingerprint density at radius 3 is 2.72 bits per heavy atom. The third-order valence-electron chi connectivity index (χ3n) is 6.27. The average Bonchev–Trinajstić information content (AvgIpc) is 3.07. The number of fused-ring (bicyclic) bond motifs is 4. The van der Waals surface area contributed by atoms with Gasteiger partial charge in [-0.1, -0.05) is 43.1 Å². The molecule has 4 rings (SSSR count). The number of halogens is 2. The van der Waals surface area contributed by atoms with E-state index < -0.39 is 0 Å². The monoisotopic (exact) mass is 380 g/mol. The molecule has 4 nitrogen and oxygen atoms in total. The fourth-order valence-electron chi connectivity index (χ4n) is 4.87. The van der Waals surface area contributed by atoms with Crippen molar-refractivity contribution in [3.8, 4) is 0 Å². The Hall–Kier alpha value is -1.26. The maximum absolute atomic E-state index is 13.1. The number of hydrogen-bond donors (Lipinski definition) is 0. The van der Waals surface area contributed by atoms with E-state index >= 15 is 0 Å². The van der Waals surface area contributed by atoms with Crippen LogP contribution in [0.15, 0.2) is 33.6 Å². The van der Waals surface area contributed by atoms with Gasteiger partial charge in [-0.15, -0.1) is 0 Å². The summed E-state index contributed by atoms with van der Waals surface area (Å²) in [6.45, 7) is 6.31. The predicted octanol–water partition coefficient (Wildman–Crippen LogP) is 3.39. The highest BCUT2D eigenvalue weighted by atomic mass is 35.5. The smallest absolute Gasteiger partial charge is 0.250 e. The lowest BCUT2D eigenvalue weighted by atomic mass is 9.83. The van der Waals surface area contributed by atoms with Crippen LogP contribution in [0.25, 0.3) is 0 Å². The number of pyridine rings is 1. The molecule has 1 amide bonds. The van der Waals surface area contributed by atoms with Crippen molar-refractivity contribution in [1.29, 1.82) is 0 Å². The van der Waals surface area contributed by atoms with E-state index in [1.165, 1.54) is 0 Å². The van der Waals surface area contributed by atoms with E-state index in [1.807, 2.05) is 21.6 Å². The van der Waals surface area contributed by atoms with Gasteiger partial charge in [-0.3, -0.25) is 9.59 Å². The van der Waals surface area contributed by atoms with Gasteiger partial charge in [0.25, 0.3) is 5.56 Å². The van der Waals surface area contributed by atoms with Crippen molar-refractivity contribution in [2.24, 2.45) is 23.2 Å². The van der Waals surface area contributed by atoms with E-state index in [4.69, 9.17) is 23.2 Å². The number of aromatic nitrogens is 1. The first-order valence-electron chi connectivity index (χ1n) is 8.80. The van der Waals surface area contributed by atoms with Crippen LogP contribution in [0.3, 0.4) is 0 Å². The maximum atomic E-state index is 13.1. The third kappa shape index (κ3) is 2.83. The zero-order valence-corrected chi connectivity index (χ0v) is 15.9. The van der Waals surface area contributed by atoms with E-state index in [0.717, 1.165) is 18.7 Å². The number of likely N-dealkylation sites (tertiary alicyclic amines) is 1. The SMILES string of the molecule is CC1(C)[C@H](C=C(Cl)Cl)[C@@H]1C(=O)N1C[C@H]2C[C@H](C1)c1cccc(=O)n1C2. The van der Waals surface area contributed by atoms with Crippen LogP contribution in [0.4, 0.5) is 0 Å². The van der Waals surface area contributed by atoms with Gasteiger partial charge in [0.2, 0.25) is 5.91 Å². The van der Waals surface area contributed by atoms with Crippen LogP contribution in [-0.2, 0) is 11.3 Å². The summed E-state index contributed by atoms with van der Waals surface area (Å²) in [5.74, 6) is 0.835. The van der Waals surface area contributed by atoms with E-state index in [-0.39, 0.29) is 39.1 Å². The number of amides is 1. The molecule has 2 aliphatic heterocycles. The molecule has 0 aromatic carbocycles. The highest BCUT2D eigenvalue weighted by molar-refractivity contribution is 6.55. The van der Waals surface area contributed by atoms with Gasteiger partial charge in [0.05, 0.1) is 5.92 Å². The summed E-state index contributed by atoms with van der Waals surface area (Å²) < 4.78 is 2.12. The lowest BCUT2D eigenvalue weighted by Crippen LogP contribution is -2.49. The molecule has 4 atom stereocenters. The van der Waals surface area contributed by atoms with Gasteiger partial charge in [-0.2, -0.15) is 0 Å². The maximum Gasteiger partial charge on any atom is 0.250 e. The fraction of sp³-hybridized carbons (Fsp3) is 0.579. The molecular formula is C19H22Cl2N2O2. The van der Waals surface area contributed by atoms with Crippen LogP contribution in [0, 0.1) is 23.2 Å². The molecule has 2 fully saturated rings. The molecule has 6 heteroatoms. The molecule has 0 N–H and O–H groups in total. The number of piperidine rings is 1. The molecule has 3 heterocycles. The van der Waals surface area contributed by atoms with Gasteiger partial charge in [0.1, 0.15) is 4.49 Å². The van der Waals surface area contributed by atoms with Gasteiger partial charge in [0.15, 0.2) is 0 Å². The van der Waals surface area contributed by atoms with Crippen molar-refractivity contribution < 1.29 is 4.79 Å². The Morgan fingerprint density at radius 1 is 1.24 bits per heavy atom. The van der Waals surface area contributed by atoms with Crippen LogP contribution >= 0.6 is 23.2 Å². The molecule has 0 unspecified atom stereocenters. The molecule has 1 aliphatic carbocycles. The van der Waals surface area contributed by atoms with Crippen LogP contribution in [0.5, 0.6) is 0 Å². The van der Waals surface area contributed by atoms with Crippen molar-refractivity contribution in [2.45, 2.75) is 32.7 Å². The molecular weight excluding hydrogens is 359 g/mol. The molecule has 1 aromatic rings. The topological polar surface area (TPSA) is 42.3 Å². The van der Waals surface area contributed by atoms with Crippen molar-refractivity contribution in [1.82, 2.24) is 9.47 Å². The molecule has 1 saturated heterocycles. The van der Waals surface area contributed by atoms with Crippen LogP contribution in [-0.4, -0.2) is 28.5 Å². The summed E-state index contributed by atoms with van der Waals surface area (Å²) in [5, 5.41) is 0. The first-order chi connectivity index (χ1) is 11.8. The summed E-state index contributed by atoms with van der Waals surface area (Å²) in [7, 11) is 0. The van der Waals surface area contributed by atoms with E-state index in [1.54, 1.807) is 12.1 Å². The van der Waals surface area contributed by atoms with Crippen molar-refractivity contribution in [3.05, 3.63) is 44.8 Å². The normalized spacial score (nSPS) is 31.9. The molecule has 3 aliphatic rings. The number of carbonyl (C=O) groups excluding carboxylic acids is 1. The molecule has 2 bridgehead atoms. The first-order valence-corrected chi connectivity index (χ1v) is 9.56. The minimum Gasteiger partial charge on any atom is -0.341 e. The van der Waals surface area contributed by atoms with Crippen LogP contribution in [0.1, 0.15) is 31.9 Å². The minimum atomic E-state index is -0.104. The molecule has 1 aromatic heterocycles. The lowest BCUT2D eigenvalue weighted by Gasteiger charge is -2.43. The van der Waals surface area contributed by atoms with Gasteiger partial charge in [-0.25, -0.2) is 0 Å². The Morgan fingerprint density at radius 2 is 2.00 bits per heavy atom. The van der Waals surface area contributed by atoms with Gasteiger partial charge >= 0.3 is 0 Å². The number of rotatable bonds is 2. The largest absolute Gasteiger partial charge is 0.341 e. The predicted molar refractivity (Wildman–Crippen MR) is 98.7 cm³/mol. The summed E-state index contributed by atoms with van der Waals surface area (Å²) in [5.41, 5.74) is 1.03. The van der Waals surface area contributed by atoms with Crippen LogP contribution < -0.4 is 5.56 Å². The second-order valence-corrected chi connectivity index (χ2v) is 9.23. The van der Waals surface area contributed by atoms with Gasteiger partial charge in [-0.05, 0) is 35.8 Å². The second kappa shape index (κ2) is 5.88. The van der Waals surface area contributed by atoms with E-state index in [9.17, 15) is 9.59 Å². The Labute approximate surface area is 157 Å². The zero-order chi connectivity index (χ0) is 17.9. The standard InChI is InChI=1S/C19H22Cl2N2O2/c1-19(2)13(7-15(20)21)17(19)18(25)22-8-11-6-12(10-22)14-4-3-5-16(24)23(14)9-11/h3-5,7,11-13,17H,6,8-10H2,1-2H3/t11-,12-,13-,17-/m1/s1. The first kappa shape index (κ1) is 17.2. The highest BCUT2D eigenvalue weighted by Gasteiger charge is 2.61. The number of allylic oxidation sites excluding steroid dienone is 1. The summed E-state index contributed by atoms with van der Waals surface area (Å²) in [6, 6.07) is 5.46. The Bertz CT molecular complexity index is 810. The van der Waals surface area contributed by atoms with Crippen molar-refractivity contribution in [2.75, 3.05) is 13.1 Å². The van der Waals surface area contributed by atoms with Gasteiger partial charge in [0, 0.05) is 37.3 Å². The molecule has 25 heavy (non-hydrogen) atoms. The molecule has 1 saturated carbocycles. The highest BCUT2D eigenvalue weighted by Crippen LogP contribution is 2.60. The fourth-order valence-corrected chi connectivity index (χ4v) is 5.14. The third-order valence-corrected chi connectivity index (χ3v) is 6.53. The number of carbonyl (C=O) groups is 1. The van der Waals surface area contributed by atoms with E-state index in [2.05, 4.69) is 13.8 Å². The zero-order valence-electron chi connectivity index (χ0n) is 14.4. The van der Waals surface area contributed by atoms with Crippen molar-refractivity contribution in [3.63, 3.8) is 0 Å². The number of hydrogen-bond acceptors (Lipinski definition) is 2. The minimum absolute atomic E-state index is 0.0585. The number of nitrogens with zero attached hydrogens (tertiary/aromatic N) is 2. The van der Waals surface area contributed by atoms with E-state index in [0.29, 0.717) is 19.0 Å². The summed E-state index contributed by atoms with van der Waals surface area (Å²) in [6.07, 6.45) is 2.85. The lowest BCUT2D eigenvalue weighted by molar-refractivity contribution is -0.136. The Balaban J connectivity index is 1.56. The van der Waals surface area contributed by atoms with Crippen molar-refractivity contribution >= 4 is 29.1 Å².